The van der Waals surface area contributed by atoms with Gasteiger partial charge in [0.1, 0.15) is 17.2 Å². The number of H-pyrrole nitrogens is 1. The molecule has 2 heterocycles. The quantitative estimate of drug-likeness (QED) is 0.454. The number of fused-ring (bicyclic) bond motifs is 1. The number of benzene rings is 1. The van der Waals surface area contributed by atoms with E-state index in [2.05, 4.69) is 24.0 Å². The number of nitrogens with zero attached hydrogens (tertiary/aromatic N) is 2. The summed E-state index contributed by atoms with van der Waals surface area (Å²) >= 11 is 0. The van der Waals surface area contributed by atoms with Crippen molar-refractivity contribution < 1.29 is 14.3 Å². The number of amides is 1. The highest BCUT2D eigenvalue weighted by molar-refractivity contribution is 5.70. The van der Waals surface area contributed by atoms with E-state index in [9.17, 15) is 4.79 Å². The van der Waals surface area contributed by atoms with Gasteiger partial charge in [-0.2, -0.15) is 0 Å². The van der Waals surface area contributed by atoms with Crippen LogP contribution in [0.4, 0.5) is 4.79 Å². The number of rotatable bonds is 6. The van der Waals surface area contributed by atoms with Crippen LogP contribution < -0.4 is 4.74 Å². The summed E-state index contributed by atoms with van der Waals surface area (Å²) in [6.45, 7) is 9.43. The third-order valence-corrected chi connectivity index (χ3v) is 7.99. The van der Waals surface area contributed by atoms with Gasteiger partial charge in [-0.05, 0) is 94.4 Å². The van der Waals surface area contributed by atoms with Gasteiger partial charge in [0.25, 0.3) is 0 Å². The number of carbonyl (C=O) groups excluding carboxylic acids is 1. The van der Waals surface area contributed by atoms with Crippen molar-refractivity contribution in [1.29, 1.82) is 0 Å². The van der Waals surface area contributed by atoms with Crippen LogP contribution in [-0.4, -0.2) is 39.7 Å². The van der Waals surface area contributed by atoms with Crippen LogP contribution in [0.25, 0.3) is 11.3 Å². The van der Waals surface area contributed by atoms with Crippen molar-refractivity contribution in [3.63, 3.8) is 0 Å². The number of hydrogen-bond donors (Lipinski definition) is 1. The van der Waals surface area contributed by atoms with Gasteiger partial charge in [-0.15, -0.1) is 0 Å². The number of nitrogens with one attached hydrogen (secondary N) is 1. The molecule has 1 saturated heterocycles. The summed E-state index contributed by atoms with van der Waals surface area (Å²) < 4.78 is 11.9. The summed E-state index contributed by atoms with van der Waals surface area (Å²) in [5.74, 6) is 1.93. The van der Waals surface area contributed by atoms with Crippen LogP contribution in [-0.2, 0) is 17.6 Å². The third kappa shape index (κ3) is 4.94. The first-order chi connectivity index (χ1) is 16.8. The summed E-state index contributed by atoms with van der Waals surface area (Å²) in [5, 5.41) is 0. The second kappa shape index (κ2) is 9.51. The van der Waals surface area contributed by atoms with Crippen molar-refractivity contribution in [2.24, 2.45) is 5.41 Å². The summed E-state index contributed by atoms with van der Waals surface area (Å²) in [5.41, 5.74) is 5.04. The van der Waals surface area contributed by atoms with Crippen LogP contribution in [0.15, 0.2) is 18.3 Å². The molecule has 190 valence electrons. The molecule has 1 aromatic carbocycles. The Labute approximate surface area is 209 Å². The van der Waals surface area contributed by atoms with Crippen LogP contribution >= 0.6 is 0 Å². The molecule has 3 aliphatic rings. The van der Waals surface area contributed by atoms with E-state index in [-0.39, 0.29) is 12.1 Å². The number of likely N-dealkylation sites (tertiary alicyclic amines) is 1. The molecule has 1 aromatic heterocycles. The number of imidazole rings is 1. The Hall–Kier alpha value is -2.50. The number of ether oxygens (including phenoxy) is 2. The highest BCUT2D eigenvalue weighted by atomic mass is 16.6. The average Bonchev–Trinajstić information content (AvgIpc) is 3.59. The van der Waals surface area contributed by atoms with Gasteiger partial charge >= 0.3 is 6.09 Å². The van der Waals surface area contributed by atoms with E-state index in [4.69, 9.17) is 14.5 Å². The second-order valence-electron chi connectivity index (χ2n) is 11.8. The number of carbonyl (C=O) groups is 1. The van der Waals surface area contributed by atoms with Gasteiger partial charge < -0.3 is 14.5 Å². The number of hydrogen-bond acceptors (Lipinski definition) is 4. The smallest absolute Gasteiger partial charge is 0.410 e. The lowest BCUT2D eigenvalue weighted by molar-refractivity contribution is 0.0218. The average molecular weight is 480 g/mol. The molecule has 2 fully saturated rings. The van der Waals surface area contributed by atoms with Gasteiger partial charge in [0, 0.05) is 12.1 Å². The van der Waals surface area contributed by atoms with Crippen molar-refractivity contribution in [2.45, 2.75) is 104 Å². The van der Waals surface area contributed by atoms with Crippen LogP contribution in [0.3, 0.4) is 0 Å². The van der Waals surface area contributed by atoms with E-state index < -0.39 is 5.60 Å². The standard InChI is InChI=1S/C29H41N3O3/c1-5-6-16-34-25-12-11-20(21-17-29(18-22(21)25)13-7-8-14-29)23-19-30-26(31-23)24-10-9-15-32(24)27(33)35-28(2,3)4/h11-12,19,24H,5-10,13-18H2,1-4H3,(H,30,31)/t24-/m0/s1. The molecule has 6 nitrogen and oxygen atoms in total. The minimum atomic E-state index is -0.504. The molecular formula is C29H41N3O3. The van der Waals surface area contributed by atoms with E-state index in [0.29, 0.717) is 12.0 Å². The molecule has 0 unspecified atom stereocenters. The molecule has 35 heavy (non-hydrogen) atoms. The predicted molar refractivity (Wildman–Crippen MR) is 138 cm³/mol. The molecule has 1 atom stereocenters. The van der Waals surface area contributed by atoms with Gasteiger partial charge in [-0.3, -0.25) is 4.90 Å². The monoisotopic (exact) mass is 479 g/mol. The van der Waals surface area contributed by atoms with Crippen LogP contribution in [0.1, 0.15) is 102 Å². The maximum absolute atomic E-state index is 12.8. The minimum absolute atomic E-state index is 0.0653. The van der Waals surface area contributed by atoms with E-state index in [1.165, 1.54) is 42.4 Å². The Bertz CT molecular complexity index is 1060. The Kier molecular flexibility index (Phi) is 6.58. The fourth-order valence-corrected chi connectivity index (χ4v) is 6.31. The van der Waals surface area contributed by atoms with Crippen LogP contribution in [0.2, 0.25) is 0 Å². The molecule has 1 spiro atoms. The highest BCUT2D eigenvalue weighted by Crippen LogP contribution is 2.53. The van der Waals surface area contributed by atoms with Gasteiger partial charge in [0.05, 0.1) is 24.5 Å². The minimum Gasteiger partial charge on any atom is -0.493 e. The Balaban J connectivity index is 1.42. The van der Waals surface area contributed by atoms with E-state index in [0.717, 1.165) is 62.4 Å². The van der Waals surface area contributed by atoms with Gasteiger partial charge in [0.15, 0.2) is 0 Å². The first-order valence-corrected chi connectivity index (χ1v) is 13.6. The zero-order valence-corrected chi connectivity index (χ0v) is 21.9. The van der Waals surface area contributed by atoms with Crippen molar-refractivity contribution >= 4 is 6.09 Å². The van der Waals surface area contributed by atoms with E-state index in [1.807, 2.05) is 31.9 Å². The topological polar surface area (TPSA) is 67.4 Å². The van der Waals surface area contributed by atoms with Gasteiger partial charge in [-0.25, -0.2) is 9.78 Å². The number of aromatic nitrogens is 2. The molecule has 2 aliphatic carbocycles. The first kappa shape index (κ1) is 24.2. The highest BCUT2D eigenvalue weighted by Gasteiger charge is 2.42. The SMILES string of the molecule is CCCCOc1ccc(-c2cnc([C@@H]3CCCN3C(=O)OC(C)(C)C)[nH]2)c2c1CC1(CCCC1)C2. The Morgan fingerprint density at radius 2 is 1.94 bits per heavy atom. The van der Waals surface area contributed by atoms with Crippen molar-refractivity contribution in [1.82, 2.24) is 14.9 Å². The van der Waals surface area contributed by atoms with Gasteiger partial charge in [-0.1, -0.05) is 26.2 Å². The zero-order chi connectivity index (χ0) is 24.6. The molecule has 6 heteroatoms. The maximum Gasteiger partial charge on any atom is 0.410 e. The molecule has 1 N–H and O–H groups in total. The second-order valence-corrected chi connectivity index (χ2v) is 11.8. The predicted octanol–water partition coefficient (Wildman–Crippen LogP) is 6.99. The molecule has 1 saturated carbocycles. The molecule has 0 bridgehead atoms. The molecule has 1 aliphatic heterocycles. The number of aromatic amines is 1. The lowest BCUT2D eigenvalue weighted by Gasteiger charge is -2.27. The lowest BCUT2D eigenvalue weighted by Crippen LogP contribution is -2.36. The summed E-state index contributed by atoms with van der Waals surface area (Å²) in [6, 6.07) is 4.32. The number of unbranched alkanes of at least 4 members (excludes halogenated alkanes) is 1. The van der Waals surface area contributed by atoms with E-state index in [1.54, 1.807) is 0 Å². The molecule has 5 rings (SSSR count). The summed E-state index contributed by atoms with van der Waals surface area (Å²) in [7, 11) is 0. The van der Waals surface area contributed by atoms with Crippen LogP contribution in [0, 0.1) is 5.41 Å². The maximum atomic E-state index is 12.8. The van der Waals surface area contributed by atoms with Crippen molar-refractivity contribution in [3.05, 3.63) is 35.3 Å². The first-order valence-electron chi connectivity index (χ1n) is 13.6. The molecule has 2 aromatic rings. The zero-order valence-electron chi connectivity index (χ0n) is 21.9. The third-order valence-electron chi connectivity index (χ3n) is 7.99. The fourth-order valence-electron chi connectivity index (χ4n) is 6.31. The van der Waals surface area contributed by atoms with Crippen LogP contribution in [0.5, 0.6) is 5.75 Å². The summed E-state index contributed by atoms with van der Waals surface area (Å²) in [6.07, 6.45) is 13.4. The van der Waals surface area contributed by atoms with Crippen molar-refractivity contribution in [2.75, 3.05) is 13.2 Å². The lowest BCUT2D eigenvalue weighted by atomic mass is 9.83. The Morgan fingerprint density at radius 3 is 2.69 bits per heavy atom. The van der Waals surface area contributed by atoms with E-state index >= 15 is 0 Å². The molecule has 1 amide bonds. The Morgan fingerprint density at radius 1 is 1.17 bits per heavy atom. The summed E-state index contributed by atoms with van der Waals surface area (Å²) in [4.78, 5) is 23.0. The van der Waals surface area contributed by atoms with Crippen molar-refractivity contribution in [3.8, 4) is 17.0 Å². The molecule has 0 radical (unpaired) electrons. The largest absolute Gasteiger partial charge is 0.493 e. The van der Waals surface area contributed by atoms with Gasteiger partial charge in [0.2, 0.25) is 0 Å². The fraction of sp³-hybridized carbons (Fsp3) is 0.655. The normalized spacial score (nSPS) is 21.0. The molecular weight excluding hydrogens is 438 g/mol.